The van der Waals surface area contributed by atoms with Gasteiger partial charge in [-0.15, -0.1) is 0 Å². The molecule has 0 saturated carbocycles. The fourth-order valence-electron chi connectivity index (χ4n) is 2.61. The average Bonchev–Trinajstić information content (AvgIpc) is 2.84. The highest BCUT2D eigenvalue weighted by Gasteiger charge is 2.19. The number of benzene rings is 1. The molecule has 0 amide bonds. The van der Waals surface area contributed by atoms with E-state index in [-0.39, 0.29) is 0 Å². The molecule has 0 bridgehead atoms. The first-order valence-corrected chi connectivity index (χ1v) is 6.83. The maximum atomic E-state index is 5.16. The minimum Gasteiger partial charge on any atom is -0.497 e. The molecule has 0 radical (unpaired) electrons. The van der Waals surface area contributed by atoms with E-state index >= 15 is 0 Å². The fraction of sp³-hybridized carbons (Fsp3) is 0.467. The van der Waals surface area contributed by atoms with Crippen molar-refractivity contribution >= 4 is 0 Å². The van der Waals surface area contributed by atoms with Crippen LogP contribution in [0, 0.1) is 0 Å². The van der Waals surface area contributed by atoms with Crippen LogP contribution < -0.4 is 4.74 Å². The predicted molar refractivity (Wildman–Crippen MR) is 73.5 cm³/mol. The van der Waals surface area contributed by atoms with Crippen molar-refractivity contribution in [2.75, 3.05) is 7.11 Å². The molecule has 1 aromatic carbocycles. The Bertz CT molecular complexity index is 559. The molecular formula is C15H19N3O. The monoisotopic (exact) mass is 257 g/mol. The van der Waals surface area contributed by atoms with E-state index in [1.165, 1.54) is 18.4 Å². The number of hydrogen-bond acceptors (Lipinski definition) is 3. The summed E-state index contributed by atoms with van der Waals surface area (Å²) in [7, 11) is 1.68. The van der Waals surface area contributed by atoms with Gasteiger partial charge in [-0.05, 0) is 37.5 Å². The van der Waals surface area contributed by atoms with Gasteiger partial charge in [-0.2, -0.15) is 5.10 Å². The molecule has 0 spiro atoms. The second-order valence-electron chi connectivity index (χ2n) is 5.15. The first-order valence-electron chi connectivity index (χ1n) is 6.83. The molecule has 0 aliphatic carbocycles. The lowest BCUT2D eigenvalue weighted by Gasteiger charge is -2.18. The van der Waals surface area contributed by atoms with Crippen molar-refractivity contribution in [3.05, 3.63) is 41.5 Å². The standard InChI is InChI=1S/C15H19N3O/c1-11-4-3-5-15-16-14(17-18(11)15)10-12-6-8-13(19-2)9-7-12/h6-9,11H,3-5,10H2,1-2H3. The third kappa shape index (κ3) is 2.48. The molecule has 100 valence electrons. The molecule has 1 aromatic heterocycles. The Morgan fingerprint density at radius 2 is 2.11 bits per heavy atom. The zero-order chi connectivity index (χ0) is 13.2. The van der Waals surface area contributed by atoms with Gasteiger partial charge in [0.25, 0.3) is 0 Å². The van der Waals surface area contributed by atoms with E-state index in [9.17, 15) is 0 Å². The van der Waals surface area contributed by atoms with Crippen LogP contribution in [-0.2, 0) is 12.8 Å². The summed E-state index contributed by atoms with van der Waals surface area (Å²) in [5, 5.41) is 4.64. The van der Waals surface area contributed by atoms with Gasteiger partial charge in [0.15, 0.2) is 5.82 Å². The average molecular weight is 257 g/mol. The van der Waals surface area contributed by atoms with Crippen LogP contribution in [0.25, 0.3) is 0 Å². The van der Waals surface area contributed by atoms with Crippen LogP contribution in [0.5, 0.6) is 5.75 Å². The molecule has 4 heteroatoms. The van der Waals surface area contributed by atoms with Crippen molar-refractivity contribution in [3.8, 4) is 5.75 Å². The van der Waals surface area contributed by atoms with Crippen molar-refractivity contribution in [1.82, 2.24) is 14.8 Å². The van der Waals surface area contributed by atoms with Gasteiger partial charge >= 0.3 is 0 Å². The molecule has 1 unspecified atom stereocenters. The van der Waals surface area contributed by atoms with Crippen LogP contribution in [0.3, 0.4) is 0 Å². The first kappa shape index (κ1) is 12.2. The van der Waals surface area contributed by atoms with E-state index in [1.54, 1.807) is 7.11 Å². The quantitative estimate of drug-likeness (QED) is 0.849. The van der Waals surface area contributed by atoms with E-state index < -0.39 is 0 Å². The summed E-state index contributed by atoms with van der Waals surface area (Å²) in [6.45, 7) is 2.22. The molecule has 1 aliphatic heterocycles. The smallest absolute Gasteiger partial charge is 0.155 e. The van der Waals surface area contributed by atoms with Crippen LogP contribution in [0.15, 0.2) is 24.3 Å². The fourth-order valence-corrected chi connectivity index (χ4v) is 2.61. The van der Waals surface area contributed by atoms with Crippen LogP contribution in [0.4, 0.5) is 0 Å². The second kappa shape index (κ2) is 5.03. The van der Waals surface area contributed by atoms with Crippen molar-refractivity contribution in [2.24, 2.45) is 0 Å². The molecular weight excluding hydrogens is 238 g/mol. The highest BCUT2D eigenvalue weighted by molar-refractivity contribution is 5.28. The van der Waals surface area contributed by atoms with E-state index in [4.69, 9.17) is 4.74 Å². The summed E-state index contributed by atoms with van der Waals surface area (Å²) >= 11 is 0. The maximum absolute atomic E-state index is 5.16. The zero-order valence-corrected chi connectivity index (χ0v) is 11.5. The second-order valence-corrected chi connectivity index (χ2v) is 5.15. The first-order chi connectivity index (χ1) is 9.26. The zero-order valence-electron chi connectivity index (χ0n) is 11.5. The van der Waals surface area contributed by atoms with Crippen molar-refractivity contribution in [2.45, 2.75) is 38.6 Å². The molecule has 0 fully saturated rings. The Balaban J connectivity index is 1.79. The number of fused-ring (bicyclic) bond motifs is 1. The Hall–Kier alpha value is -1.84. The summed E-state index contributed by atoms with van der Waals surface area (Å²) in [6.07, 6.45) is 4.27. The van der Waals surface area contributed by atoms with E-state index in [2.05, 4.69) is 33.8 Å². The van der Waals surface area contributed by atoms with Crippen LogP contribution in [0.1, 0.15) is 43.0 Å². The minimum atomic E-state index is 0.487. The summed E-state index contributed by atoms with van der Waals surface area (Å²) in [4.78, 5) is 4.66. The number of methoxy groups -OCH3 is 1. The minimum absolute atomic E-state index is 0.487. The van der Waals surface area contributed by atoms with E-state index in [0.29, 0.717) is 6.04 Å². The van der Waals surface area contributed by atoms with Gasteiger partial charge in [-0.25, -0.2) is 9.67 Å². The number of rotatable bonds is 3. The molecule has 1 aliphatic rings. The Morgan fingerprint density at radius 3 is 2.79 bits per heavy atom. The molecule has 0 saturated heterocycles. The normalized spacial score (nSPS) is 18.1. The van der Waals surface area contributed by atoms with Crippen LogP contribution >= 0.6 is 0 Å². The molecule has 0 N–H and O–H groups in total. The number of nitrogens with zero attached hydrogens (tertiary/aromatic N) is 3. The largest absolute Gasteiger partial charge is 0.497 e. The van der Waals surface area contributed by atoms with E-state index in [0.717, 1.165) is 30.2 Å². The van der Waals surface area contributed by atoms with Crippen LogP contribution in [0.2, 0.25) is 0 Å². The van der Waals surface area contributed by atoms with Gasteiger partial charge in [-0.1, -0.05) is 12.1 Å². The Labute approximate surface area is 113 Å². The highest BCUT2D eigenvalue weighted by Crippen LogP contribution is 2.23. The third-order valence-corrected chi connectivity index (χ3v) is 3.71. The van der Waals surface area contributed by atoms with Gasteiger partial charge in [0.05, 0.1) is 13.2 Å². The number of aromatic nitrogens is 3. The number of aryl methyl sites for hydroxylation is 1. The van der Waals surface area contributed by atoms with Gasteiger partial charge in [0.1, 0.15) is 11.6 Å². The lowest BCUT2D eigenvalue weighted by atomic mass is 10.1. The predicted octanol–water partition coefficient (Wildman–Crippen LogP) is 2.77. The summed E-state index contributed by atoms with van der Waals surface area (Å²) in [5.74, 6) is 2.95. The lowest BCUT2D eigenvalue weighted by molar-refractivity contribution is 0.387. The third-order valence-electron chi connectivity index (χ3n) is 3.71. The molecule has 3 rings (SSSR count). The number of ether oxygens (including phenoxy) is 1. The van der Waals surface area contributed by atoms with Crippen molar-refractivity contribution in [3.63, 3.8) is 0 Å². The summed E-state index contributed by atoms with van der Waals surface area (Å²) < 4.78 is 7.26. The van der Waals surface area contributed by atoms with Crippen molar-refractivity contribution in [1.29, 1.82) is 0 Å². The Kier molecular flexibility index (Phi) is 3.23. The highest BCUT2D eigenvalue weighted by atomic mass is 16.5. The lowest BCUT2D eigenvalue weighted by Crippen LogP contribution is -2.16. The van der Waals surface area contributed by atoms with Crippen LogP contribution in [-0.4, -0.2) is 21.9 Å². The van der Waals surface area contributed by atoms with Gasteiger partial charge in [0, 0.05) is 12.8 Å². The number of hydrogen-bond donors (Lipinski definition) is 0. The van der Waals surface area contributed by atoms with Crippen molar-refractivity contribution < 1.29 is 4.74 Å². The topological polar surface area (TPSA) is 39.9 Å². The van der Waals surface area contributed by atoms with Gasteiger partial charge < -0.3 is 4.74 Å². The molecule has 19 heavy (non-hydrogen) atoms. The molecule has 2 aromatic rings. The summed E-state index contributed by atoms with van der Waals surface area (Å²) in [5.41, 5.74) is 1.22. The Morgan fingerprint density at radius 1 is 1.32 bits per heavy atom. The van der Waals surface area contributed by atoms with Gasteiger partial charge in [-0.3, -0.25) is 0 Å². The molecule has 1 atom stereocenters. The van der Waals surface area contributed by atoms with E-state index in [1.807, 2.05) is 12.1 Å². The molecule has 4 nitrogen and oxygen atoms in total. The van der Waals surface area contributed by atoms with Gasteiger partial charge in [0.2, 0.25) is 0 Å². The maximum Gasteiger partial charge on any atom is 0.155 e. The molecule has 2 heterocycles. The summed E-state index contributed by atoms with van der Waals surface area (Å²) in [6, 6.07) is 8.59. The SMILES string of the molecule is COc1ccc(Cc2nc3n(n2)C(C)CCC3)cc1.